The molecular formula is C20H13F3N4O3. The van der Waals surface area contributed by atoms with Crippen LogP contribution in [0, 0.1) is 0 Å². The summed E-state index contributed by atoms with van der Waals surface area (Å²) in [5, 5.41) is 2.92. The lowest BCUT2D eigenvalue weighted by atomic mass is 10.1. The summed E-state index contributed by atoms with van der Waals surface area (Å²) in [6, 6.07) is 10.6. The predicted molar refractivity (Wildman–Crippen MR) is 102 cm³/mol. The van der Waals surface area contributed by atoms with E-state index < -0.39 is 17.6 Å². The number of hydrogen-bond acceptors (Lipinski definition) is 6. The number of carbonyl (C=O) groups is 1. The molecule has 0 fully saturated rings. The number of rotatable bonds is 4. The maximum Gasteiger partial charge on any atom is 0.416 e. The minimum Gasteiger partial charge on any atom is -0.463 e. The number of nitrogens with one attached hydrogen (secondary N) is 1. The molecule has 2 aromatic heterocycles. The van der Waals surface area contributed by atoms with E-state index in [0.717, 1.165) is 12.1 Å². The first kappa shape index (κ1) is 19.2. The van der Waals surface area contributed by atoms with Gasteiger partial charge in [0.25, 0.3) is 5.91 Å². The summed E-state index contributed by atoms with van der Waals surface area (Å²) in [7, 11) is 0. The van der Waals surface area contributed by atoms with Gasteiger partial charge in [-0.15, -0.1) is 0 Å². The Hall–Kier alpha value is -4.08. The second-order valence-corrected chi connectivity index (χ2v) is 6.20. The van der Waals surface area contributed by atoms with Crippen molar-refractivity contribution in [3.63, 3.8) is 0 Å². The van der Waals surface area contributed by atoms with Gasteiger partial charge in [-0.05, 0) is 30.3 Å². The minimum atomic E-state index is -4.51. The van der Waals surface area contributed by atoms with Gasteiger partial charge in [-0.1, -0.05) is 6.07 Å². The number of hydrogen-bond donors (Lipinski definition) is 2. The summed E-state index contributed by atoms with van der Waals surface area (Å²) in [5.74, 6) is 0.0705. The van der Waals surface area contributed by atoms with Gasteiger partial charge in [0.05, 0.1) is 11.1 Å². The number of nitrogens with two attached hydrogens (primary N) is 1. The summed E-state index contributed by atoms with van der Waals surface area (Å²) in [4.78, 5) is 20.2. The second kappa shape index (κ2) is 7.39. The van der Waals surface area contributed by atoms with Crippen LogP contribution < -0.4 is 15.8 Å². The quantitative estimate of drug-likeness (QED) is 0.494. The van der Waals surface area contributed by atoms with Crippen LogP contribution in [0.2, 0.25) is 0 Å². The molecule has 0 aliphatic carbocycles. The lowest BCUT2D eigenvalue weighted by Gasteiger charge is -2.09. The Balaban J connectivity index is 1.55. The van der Waals surface area contributed by atoms with Crippen LogP contribution in [0.1, 0.15) is 15.9 Å². The van der Waals surface area contributed by atoms with Gasteiger partial charge in [0, 0.05) is 29.4 Å². The van der Waals surface area contributed by atoms with Gasteiger partial charge < -0.3 is 20.2 Å². The molecule has 2 aromatic carbocycles. The molecule has 0 atom stereocenters. The average molecular weight is 414 g/mol. The monoisotopic (exact) mass is 414 g/mol. The van der Waals surface area contributed by atoms with Gasteiger partial charge in [-0.25, -0.2) is 4.98 Å². The van der Waals surface area contributed by atoms with Gasteiger partial charge in [-0.3, -0.25) is 4.79 Å². The highest BCUT2D eigenvalue weighted by molar-refractivity contribution is 6.12. The molecule has 10 heteroatoms. The molecule has 0 aliphatic rings. The average Bonchev–Trinajstić information content (AvgIpc) is 3.11. The molecule has 152 valence electrons. The minimum absolute atomic E-state index is 0.0190. The molecule has 0 bridgehead atoms. The number of carbonyl (C=O) groups excluding carboxylic acids is 1. The second-order valence-electron chi connectivity index (χ2n) is 6.20. The molecule has 0 saturated carbocycles. The smallest absolute Gasteiger partial charge is 0.416 e. The summed E-state index contributed by atoms with van der Waals surface area (Å²) in [6.45, 7) is 0. The van der Waals surface area contributed by atoms with Crippen LogP contribution in [0.25, 0.3) is 11.0 Å². The SMILES string of the molecule is Nc1nccc(Oc2ccc3c(C(=O)Nc4cccc(C(F)(F)F)c4)coc3c2)n1. The highest BCUT2D eigenvalue weighted by Crippen LogP contribution is 2.32. The molecule has 0 unspecified atom stereocenters. The highest BCUT2D eigenvalue weighted by Gasteiger charge is 2.30. The van der Waals surface area contributed by atoms with Crippen LogP contribution in [0.4, 0.5) is 24.8 Å². The predicted octanol–water partition coefficient (Wildman–Crippen LogP) is 4.87. The van der Waals surface area contributed by atoms with Gasteiger partial charge in [0.1, 0.15) is 17.6 Å². The third-order valence-electron chi connectivity index (χ3n) is 4.11. The molecule has 0 radical (unpaired) electrons. The van der Waals surface area contributed by atoms with Crippen LogP contribution in [0.3, 0.4) is 0 Å². The number of alkyl halides is 3. The molecular weight excluding hydrogens is 401 g/mol. The third-order valence-corrected chi connectivity index (χ3v) is 4.11. The Morgan fingerprint density at radius 1 is 1.13 bits per heavy atom. The van der Waals surface area contributed by atoms with Crippen molar-refractivity contribution in [1.29, 1.82) is 0 Å². The molecule has 2 heterocycles. The van der Waals surface area contributed by atoms with Crippen molar-refractivity contribution >= 4 is 28.5 Å². The maximum atomic E-state index is 12.8. The zero-order valence-corrected chi connectivity index (χ0v) is 15.1. The molecule has 7 nitrogen and oxygen atoms in total. The summed E-state index contributed by atoms with van der Waals surface area (Å²) < 4.78 is 49.5. The molecule has 1 amide bonds. The first-order valence-electron chi connectivity index (χ1n) is 8.56. The van der Waals surface area contributed by atoms with E-state index in [1.165, 1.54) is 30.7 Å². The molecule has 0 aliphatic heterocycles. The lowest BCUT2D eigenvalue weighted by molar-refractivity contribution is -0.137. The fourth-order valence-electron chi connectivity index (χ4n) is 2.75. The molecule has 4 aromatic rings. The first-order valence-corrected chi connectivity index (χ1v) is 8.56. The van der Waals surface area contributed by atoms with E-state index in [2.05, 4.69) is 15.3 Å². The normalized spacial score (nSPS) is 11.4. The van der Waals surface area contributed by atoms with E-state index in [0.29, 0.717) is 16.7 Å². The van der Waals surface area contributed by atoms with E-state index >= 15 is 0 Å². The molecule has 0 saturated heterocycles. The number of benzene rings is 2. The number of anilines is 2. The number of amides is 1. The number of furan rings is 1. The van der Waals surface area contributed by atoms with Crippen LogP contribution in [0.5, 0.6) is 11.6 Å². The van der Waals surface area contributed by atoms with Crippen LogP contribution >= 0.6 is 0 Å². The van der Waals surface area contributed by atoms with E-state index in [1.807, 2.05) is 0 Å². The molecule has 4 rings (SSSR count). The number of aromatic nitrogens is 2. The van der Waals surface area contributed by atoms with E-state index in [-0.39, 0.29) is 23.1 Å². The van der Waals surface area contributed by atoms with Crippen LogP contribution in [-0.4, -0.2) is 15.9 Å². The van der Waals surface area contributed by atoms with Gasteiger partial charge >= 0.3 is 6.18 Å². The Kier molecular flexibility index (Phi) is 4.74. The maximum absolute atomic E-state index is 12.8. The Bertz CT molecular complexity index is 1240. The van der Waals surface area contributed by atoms with E-state index in [4.69, 9.17) is 14.9 Å². The standard InChI is InChI=1S/C20H13F3N4O3/c21-20(22,23)11-2-1-3-12(8-11)26-18(28)15-10-29-16-9-13(4-5-14(15)16)30-17-6-7-25-19(24)27-17/h1-10H,(H,26,28)(H2,24,25,27). The number of nitrogen functional groups attached to an aromatic ring is 1. The number of halogens is 3. The third kappa shape index (κ3) is 4.02. The van der Waals surface area contributed by atoms with Crippen molar-refractivity contribution in [1.82, 2.24) is 9.97 Å². The number of nitrogens with zero attached hydrogens (tertiary/aromatic N) is 2. The topological polar surface area (TPSA) is 103 Å². The fourth-order valence-corrected chi connectivity index (χ4v) is 2.75. The van der Waals surface area contributed by atoms with Gasteiger partial charge in [0.15, 0.2) is 0 Å². The summed E-state index contributed by atoms with van der Waals surface area (Å²) in [6.07, 6.45) is -1.84. The zero-order valence-electron chi connectivity index (χ0n) is 15.1. The largest absolute Gasteiger partial charge is 0.463 e. The van der Waals surface area contributed by atoms with Crippen LogP contribution in [-0.2, 0) is 6.18 Å². The Morgan fingerprint density at radius 3 is 2.73 bits per heavy atom. The van der Waals surface area contributed by atoms with Crippen molar-refractivity contribution in [2.45, 2.75) is 6.18 Å². The van der Waals surface area contributed by atoms with E-state index in [9.17, 15) is 18.0 Å². The van der Waals surface area contributed by atoms with Crippen molar-refractivity contribution in [3.05, 3.63) is 72.1 Å². The molecule has 0 spiro atoms. The van der Waals surface area contributed by atoms with Crippen molar-refractivity contribution in [2.75, 3.05) is 11.1 Å². The van der Waals surface area contributed by atoms with Gasteiger partial charge in [-0.2, -0.15) is 18.2 Å². The fraction of sp³-hybridized carbons (Fsp3) is 0.0500. The van der Waals surface area contributed by atoms with Crippen molar-refractivity contribution < 1.29 is 27.1 Å². The number of ether oxygens (including phenoxy) is 1. The summed E-state index contributed by atoms with van der Waals surface area (Å²) in [5.41, 5.74) is 5.19. The zero-order chi connectivity index (χ0) is 21.3. The lowest BCUT2D eigenvalue weighted by Crippen LogP contribution is -2.12. The Morgan fingerprint density at radius 2 is 1.97 bits per heavy atom. The van der Waals surface area contributed by atoms with Crippen molar-refractivity contribution in [2.24, 2.45) is 0 Å². The van der Waals surface area contributed by atoms with Gasteiger partial charge in [0.2, 0.25) is 11.8 Å². The highest BCUT2D eigenvalue weighted by atomic mass is 19.4. The Labute approximate surface area is 167 Å². The number of fused-ring (bicyclic) bond motifs is 1. The molecule has 3 N–H and O–H groups in total. The van der Waals surface area contributed by atoms with Crippen molar-refractivity contribution in [3.8, 4) is 11.6 Å². The molecule has 30 heavy (non-hydrogen) atoms. The summed E-state index contributed by atoms with van der Waals surface area (Å²) >= 11 is 0. The van der Waals surface area contributed by atoms with E-state index in [1.54, 1.807) is 18.2 Å². The van der Waals surface area contributed by atoms with Crippen LogP contribution in [0.15, 0.2) is 65.4 Å². The first-order chi connectivity index (χ1) is 14.3.